The predicted molar refractivity (Wildman–Crippen MR) is 145 cm³/mol. The van der Waals surface area contributed by atoms with Gasteiger partial charge in [-0.05, 0) is 42.5 Å². The average molecular weight is 477 g/mol. The van der Waals surface area contributed by atoms with Crippen molar-refractivity contribution in [2.45, 2.75) is 90.6 Å². The number of hydrogen-bond acceptors (Lipinski definition) is 3. The maximum absolute atomic E-state index is 14.1. The Morgan fingerprint density at radius 3 is 1.94 bits per heavy atom. The van der Waals surface area contributed by atoms with Crippen LogP contribution in [-0.4, -0.2) is 22.7 Å². The Labute approximate surface area is 211 Å². The van der Waals surface area contributed by atoms with E-state index in [1.807, 2.05) is 36.7 Å². The Bertz CT molecular complexity index is 955. The summed E-state index contributed by atoms with van der Waals surface area (Å²) in [6.07, 6.45) is 15.3. The second-order valence-electron chi connectivity index (χ2n) is 9.44. The van der Waals surface area contributed by atoms with Crippen LogP contribution < -0.4 is 4.74 Å². The third kappa shape index (κ3) is 9.43. The van der Waals surface area contributed by atoms with E-state index in [1.165, 1.54) is 50.5 Å². The first-order valence-corrected chi connectivity index (χ1v) is 13.5. The van der Waals surface area contributed by atoms with Crippen LogP contribution in [0.3, 0.4) is 0 Å². The zero-order valence-electron chi connectivity index (χ0n) is 21.5. The summed E-state index contributed by atoms with van der Waals surface area (Å²) < 4.78 is 19.7. The Morgan fingerprint density at radius 2 is 1.29 bits per heavy atom. The smallest absolute Gasteiger partial charge is 0.159 e. The number of ether oxygens (including phenoxy) is 1. The Balaban J connectivity index is 1.47. The van der Waals surface area contributed by atoms with E-state index in [2.05, 4.69) is 48.1 Å². The minimum absolute atomic E-state index is 0.114. The first kappa shape index (κ1) is 26.8. The van der Waals surface area contributed by atoms with E-state index in [0.717, 1.165) is 41.8 Å². The summed E-state index contributed by atoms with van der Waals surface area (Å²) in [5.41, 5.74) is 4.36. The minimum Gasteiger partial charge on any atom is -0.491 e. The van der Waals surface area contributed by atoms with Crippen molar-refractivity contribution in [2.24, 2.45) is 0 Å². The number of unbranched alkanes of at least 4 members (excludes halogenated alkanes) is 7. The van der Waals surface area contributed by atoms with Crippen molar-refractivity contribution >= 4 is 0 Å². The van der Waals surface area contributed by atoms with Gasteiger partial charge in [-0.15, -0.1) is 0 Å². The summed E-state index contributed by atoms with van der Waals surface area (Å²) in [5, 5.41) is 0. The van der Waals surface area contributed by atoms with Crippen LogP contribution in [0.5, 0.6) is 5.75 Å². The number of aryl methyl sites for hydroxylation is 1. The van der Waals surface area contributed by atoms with Crippen LogP contribution >= 0.6 is 0 Å². The first-order valence-electron chi connectivity index (χ1n) is 13.5. The van der Waals surface area contributed by atoms with Crippen molar-refractivity contribution in [3.05, 3.63) is 66.5 Å². The van der Waals surface area contributed by atoms with Crippen molar-refractivity contribution in [3.8, 4) is 28.3 Å². The molecule has 0 fully saturated rings. The summed E-state index contributed by atoms with van der Waals surface area (Å²) in [5.74, 6) is 1.42. The van der Waals surface area contributed by atoms with Gasteiger partial charge in [-0.25, -0.2) is 14.4 Å². The molecular formula is C31H41FN2O. The predicted octanol–water partition coefficient (Wildman–Crippen LogP) is 9.01. The average Bonchev–Trinajstić information content (AvgIpc) is 2.91. The number of alkyl halides is 1. The topological polar surface area (TPSA) is 35.0 Å². The second kappa shape index (κ2) is 15.3. The van der Waals surface area contributed by atoms with E-state index in [-0.39, 0.29) is 6.61 Å². The Kier molecular flexibility index (Phi) is 11.7. The highest BCUT2D eigenvalue weighted by Crippen LogP contribution is 2.24. The molecule has 0 amide bonds. The molecule has 0 aliphatic heterocycles. The van der Waals surface area contributed by atoms with Crippen LogP contribution in [0.15, 0.2) is 60.9 Å². The minimum atomic E-state index is -0.910. The lowest BCUT2D eigenvalue weighted by Crippen LogP contribution is -2.12. The molecule has 35 heavy (non-hydrogen) atoms. The molecule has 3 aromatic rings. The van der Waals surface area contributed by atoms with Crippen LogP contribution in [0, 0.1) is 0 Å². The maximum Gasteiger partial charge on any atom is 0.159 e. The molecule has 0 N–H and O–H groups in total. The molecule has 1 aromatic heterocycles. The molecule has 0 saturated carbocycles. The fourth-order valence-electron chi connectivity index (χ4n) is 4.19. The molecule has 0 saturated heterocycles. The fraction of sp³-hybridized carbons (Fsp3) is 0.484. The molecule has 0 radical (unpaired) electrons. The summed E-state index contributed by atoms with van der Waals surface area (Å²) >= 11 is 0. The lowest BCUT2D eigenvalue weighted by atomic mass is 10.0. The van der Waals surface area contributed by atoms with Gasteiger partial charge in [-0.1, -0.05) is 102 Å². The van der Waals surface area contributed by atoms with Crippen LogP contribution in [0.25, 0.3) is 22.5 Å². The van der Waals surface area contributed by atoms with Gasteiger partial charge in [0.15, 0.2) is 5.82 Å². The summed E-state index contributed by atoms with van der Waals surface area (Å²) in [6.45, 7) is 4.54. The monoisotopic (exact) mass is 476 g/mol. The number of benzene rings is 2. The number of hydrogen-bond donors (Lipinski definition) is 0. The third-order valence-electron chi connectivity index (χ3n) is 6.42. The standard InChI is InChI=1S/C31H41FN2O/c1-3-5-7-9-11-13-29(32)24-35-30-20-18-26(19-21-30)28-22-33-31(34-23-28)27-16-14-25(15-17-27)12-10-8-6-4-2/h14-23,29H,3-13,24H2,1-2H3. The number of aromatic nitrogens is 2. The van der Waals surface area contributed by atoms with E-state index >= 15 is 0 Å². The van der Waals surface area contributed by atoms with Gasteiger partial charge in [0.2, 0.25) is 0 Å². The summed E-state index contributed by atoms with van der Waals surface area (Å²) in [6, 6.07) is 16.3. The zero-order valence-corrected chi connectivity index (χ0v) is 21.5. The number of halogens is 1. The molecule has 0 spiro atoms. The lowest BCUT2D eigenvalue weighted by Gasteiger charge is -2.11. The highest BCUT2D eigenvalue weighted by Gasteiger charge is 2.08. The zero-order chi connectivity index (χ0) is 24.7. The van der Waals surface area contributed by atoms with E-state index in [9.17, 15) is 4.39 Å². The highest BCUT2D eigenvalue weighted by molar-refractivity contribution is 5.64. The molecule has 3 rings (SSSR count). The lowest BCUT2D eigenvalue weighted by molar-refractivity contribution is 0.184. The van der Waals surface area contributed by atoms with E-state index in [4.69, 9.17) is 4.74 Å². The van der Waals surface area contributed by atoms with Crippen LogP contribution in [0.4, 0.5) is 4.39 Å². The second-order valence-corrected chi connectivity index (χ2v) is 9.44. The fourth-order valence-corrected chi connectivity index (χ4v) is 4.19. The van der Waals surface area contributed by atoms with Crippen molar-refractivity contribution in [1.82, 2.24) is 9.97 Å². The van der Waals surface area contributed by atoms with Crippen LogP contribution in [-0.2, 0) is 6.42 Å². The molecule has 0 aliphatic rings. The van der Waals surface area contributed by atoms with Gasteiger partial charge in [0.1, 0.15) is 18.5 Å². The molecule has 4 heteroatoms. The SMILES string of the molecule is CCCCCCCC(F)COc1ccc(-c2cnc(-c3ccc(CCCCCC)cc3)nc2)cc1. The van der Waals surface area contributed by atoms with Gasteiger partial charge in [-0.2, -0.15) is 0 Å². The molecule has 3 nitrogen and oxygen atoms in total. The molecule has 188 valence electrons. The van der Waals surface area contributed by atoms with E-state index in [0.29, 0.717) is 12.2 Å². The maximum atomic E-state index is 14.1. The summed E-state index contributed by atoms with van der Waals surface area (Å²) in [7, 11) is 0. The Hall–Kier alpha value is -2.75. The number of nitrogens with zero attached hydrogens (tertiary/aromatic N) is 2. The quantitative estimate of drug-likeness (QED) is 0.193. The normalized spacial score (nSPS) is 12.0. The molecule has 1 atom stereocenters. The molecule has 2 aromatic carbocycles. The van der Waals surface area contributed by atoms with Crippen molar-refractivity contribution in [1.29, 1.82) is 0 Å². The van der Waals surface area contributed by atoms with Gasteiger partial charge < -0.3 is 4.74 Å². The highest BCUT2D eigenvalue weighted by atomic mass is 19.1. The van der Waals surface area contributed by atoms with Gasteiger partial charge in [-0.3, -0.25) is 0 Å². The third-order valence-corrected chi connectivity index (χ3v) is 6.42. The summed E-state index contributed by atoms with van der Waals surface area (Å²) in [4.78, 5) is 9.16. The van der Waals surface area contributed by atoms with E-state index < -0.39 is 6.17 Å². The van der Waals surface area contributed by atoms with Crippen LogP contribution in [0.2, 0.25) is 0 Å². The molecule has 1 heterocycles. The van der Waals surface area contributed by atoms with Crippen molar-refractivity contribution in [3.63, 3.8) is 0 Å². The Morgan fingerprint density at radius 1 is 0.686 bits per heavy atom. The molecule has 0 aliphatic carbocycles. The van der Waals surface area contributed by atoms with Gasteiger partial charge in [0.05, 0.1) is 0 Å². The van der Waals surface area contributed by atoms with Gasteiger partial charge in [0.25, 0.3) is 0 Å². The van der Waals surface area contributed by atoms with Gasteiger partial charge in [0, 0.05) is 23.5 Å². The van der Waals surface area contributed by atoms with Crippen molar-refractivity contribution < 1.29 is 9.13 Å². The number of rotatable bonds is 16. The van der Waals surface area contributed by atoms with Crippen LogP contribution in [0.1, 0.15) is 83.6 Å². The first-order chi connectivity index (χ1) is 17.2. The van der Waals surface area contributed by atoms with Gasteiger partial charge >= 0.3 is 0 Å². The molecule has 1 unspecified atom stereocenters. The van der Waals surface area contributed by atoms with E-state index in [1.54, 1.807) is 0 Å². The van der Waals surface area contributed by atoms with Crippen molar-refractivity contribution in [2.75, 3.05) is 6.61 Å². The molecule has 0 bridgehead atoms. The molecular weight excluding hydrogens is 435 g/mol. The largest absolute Gasteiger partial charge is 0.491 e.